The Bertz CT molecular complexity index is 302. The Kier molecular flexibility index (Phi) is 3.60. The van der Waals surface area contributed by atoms with Crippen LogP contribution in [-0.4, -0.2) is 19.3 Å². The lowest BCUT2D eigenvalue weighted by atomic mass is 9.93. The molecule has 2 N–H and O–H groups in total. The van der Waals surface area contributed by atoms with E-state index in [0.29, 0.717) is 12.0 Å². The van der Waals surface area contributed by atoms with Crippen molar-refractivity contribution in [2.75, 3.05) is 13.2 Å². The normalized spacial score (nSPS) is 27.9. The highest BCUT2D eigenvalue weighted by molar-refractivity contribution is 9.11. The molecule has 1 aliphatic heterocycles. The lowest BCUT2D eigenvalue weighted by molar-refractivity contribution is 0.0425. The highest BCUT2D eigenvalue weighted by atomic mass is 79.9. The number of nitrogens with two attached hydrogens (primary N) is 1. The van der Waals surface area contributed by atoms with Crippen LogP contribution in [0.2, 0.25) is 0 Å². The largest absolute Gasteiger partial charge is 0.381 e. The van der Waals surface area contributed by atoms with Crippen LogP contribution in [0.1, 0.15) is 11.3 Å². The average Bonchev–Trinajstić information content (AvgIpc) is 2.56. The van der Waals surface area contributed by atoms with Gasteiger partial charge in [0.25, 0.3) is 0 Å². The number of hydrogen-bond acceptors (Lipinski definition) is 3. The SMILES string of the molecule is NC1CCOCC1Cc1ccc(Br)s1. The van der Waals surface area contributed by atoms with Gasteiger partial charge in [0.1, 0.15) is 0 Å². The summed E-state index contributed by atoms with van der Waals surface area (Å²) in [5.41, 5.74) is 6.05. The summed E-state index contributed by atoms with van der Waals surface area (Å²) in [6.45, 7) is 1.64. The van der Waals surface area contributed by atoms with Crippen molar-refractivity contribution in [3.63, 3.8) is 0 Å². The van der Waals surface area contributed by atoms with Gasteiger partial charge in [0.2, 0.25) is 0 Å². The maximum atomic E-state index is 6.05. The maximum Gasteiger partial charge on any atom is 0.0701 e. The fraction of sp³-hybridized carbons (Fsp3) is 0.600. The number of ether oxygens (including phenoxy) is 1. The Labute approximate surface area is 96.6 Å². The molecule has 2 unspecified atom stereocenters. The van der Waals surface area contributed by atoms with Crippen molar-refractivity contribution in [2.24, 2.45) is 11.7 Å². The molecule has 1 aromatic rings. The molecule has 2 nitrogen and oxygen atoms in total. The number of rotatable bonds is 2. The lowest BCUT2D eigenvalue weighted by Gasteiger charge is -2.28. The maximum absolute atomic E-state index is 6.05. The Morgan fingerprint density at radius 2 is 2.43 bits per heavy atom. The van der Waals surface area contributed by atoms with Gasteiger partial charge in [-0.1, -0.05) is 0 Å². The van der Waals surface area contributed by atoms with Gasteiger partial charge in [0.05, 0.1) is 10.4 Å². The molecule has 0 aliphatic carbocycles. The third kappa shape index (κ3) is 2.57. The standard InChI is InChI=1S/C10H14BrNOS/c11-10-2-1-8(14-10)5-7-6-13-4-3-9(7)12/h1-2,7,9H,3-6,12H2. The van der Waals surface area contributed by atoms with Gasteiger partial charge in [-0.25, -0.2) is 0 Å². The Balaban J connectivity index is 1.95. The first-order valence-corrected chi connectivity index (χ1v) is 6.44. The molecule has 2 heterocycles. The van der Waals surface area contributed by atoms with Crippen LogP contribution in [0.5, 0.6) is 0 Å². The van der Waals surface area contributed by atoms with Crippen LogP contribution in [-0.2, 0) is 11.2 Å². The van der Waals surface area contributed by atoms with Gasteiger partial charge in [-0.2, -0.15) is 0 Å². The predicted molar refractivity (Wildman–Crippen MR) is 62.6 cm³/mol. The number of thiophene rings is 1. The molecule has 0 aromatic carbocycles. The van der Waals surface area contributed by atoms with Crippen LogP contribution in [0.4, 0.5) is 0 Å². The number of halogens is 1. The summed E-state index contributed by atoms with van der Waals surface area (Å²) in [6, 6.07) is 4.57. The van der Waals surface area contributed by atoms with Crippen molar-refractivity contribution >= 4 is 27.3 Å². The number of hydrogen-bond donors (Lipinski definition) is 1. The predicted octanol–water partition coefficient (Wildman–Crippen LogP) is 2.42. The smallest absolute Gasteiger partial charge is 0.0701 e. The summed E-state index contributed by atoms with van der Waals surface area (Å²) in [5, 5.41) is 0. The molecule has 14 heavy (non-hydrogen) atoms. The van der Waals surface area contributed by atoms with E-state index in [-0.39, 0.29) is 0 Å². The van der Waals surface area contributed by atoms with Crippen molar-refractivity contribution in [3.05, 3.63) is 20.8 Å². The zero-order valence-electron chi connectivity index (χ0n) is 7.91. The van der Waals surface area contributed by atoms with Gasteiger partial charge in [-0.05, 0) is 40.9 Å². The van der Waals surface area contributed by atoms with Gasteiger partial charge in [-0.15, -0.1) is 11.3 Å². The fourth-order valence-electron chi connectivity index (χ4n) is 1.74. The minimum atomic E-state index is 0.310. The zero-order chi connectivity index (χ0) is 9.97. The molecule has 0 amide bonds. The van der Waals surface area contributed by atoms with Crippen molar-refractivity contribution in [2.45, 2.75) is 18.9 Å². The van der Waals surface area contributed by atoms with Crippen LogP contribution < -0.4 is 5.73 Å². The van der Waals surface area contributed by atoms with E-state index in [1.807, 2.05) is 0 Å². The van der Waals surface area contributed by atoms with Crippen LogP contribution in [0.3, 0.4) is 0 Å². The first-order valence-electron chi connectivity index (χ1n) is 4.83. The molecule has 2 rings (SSSR count). The van der Waals surface area contributed by atoms with Gasteiger partial charge in [0.15, 0.2) is 0 Å². The van der Waals surface area contributed by atoms with Crippen molar-refractivity contribution in [1.29, 1.82) is 0 Å². The first-order chi connectivity index (χ1) is 6.75. The summed E-state index contributed by atoms with van der Waals surface area (Å²) in [6.07, 6.45) is 2.05. The molecule has 4 heteroatoms. The van der Waals surface area contributed by atoms with Crippen molar-refractivity contribution in [1.82, 2.24) is 0 Å². The Morgan fingerprint density at radius 3 is 3.07 bits per heavy atom. The molecule has 0 spiro atoms. The van der Waals surface area contributed by atoms with Crippen LogP contribution in [0.15, 0.2) is 15.9 Å². The molecular formula is C10H14BrNOS. The van der Waals surface area contributed by atoms with Gasteiger partial charge < -0.3 is 10.5 Å². The third-order valence-electron chi connectivity index (χ3n) is 2.63. The molecule has 1 aliphatic rings. The topological polar surface area (TPSA) is 35.2 Å². The van der Waals surface area contributed by atoms with Crippen LogP contribution in [0, 0.1) is 5.92 Å². The van der Waals surface area contributed by atoms with E-state index in [2.05, 4.69) is 28.1 Å². The Morgan fingerprint density at radius 1 is 1.57 bits per heavy atom. The summed E-state index contributed by atoms with van der Waals surface area (Å²) in [7, 11) is 0. The molecule has 0 saturated carbocycles. The second-order valence-corrected chi connectivity index (χ2v) is 6.25. The van der Waals surface area contributed by atoms with Crippen molar-refractivity contribution < 1.29 is 4.74 Å². The minimum Gasteiger partial charge on any atom is -0.381 e. The van der Waals surface area contributed by atoms with E-state index < -0.39 is 0 Å². The van der Waals surface area contributed by atoms with Gasteiger partial charge in [0, 0.05) is 23.4 Å². The lowest BCUT2D eigenvalue weighted by Crippen LogP contribution is -2.39. The van der Waals surface area contributed by atoms with E-state index in [4.69, 9.17) is 10.5 Å². The van der Waals surface area contributed by atoms with Crippen molar-refractivity contribution in [3.8, 4) is 0 Å². The summed E-state index contributed by atoms with van der Waals surface area (Å²) < 4.78 is 6.64. The zero-order valence-corrected chi connectivity index (χ0v) is 10.3. The Hall–Kier alpha value is 0.1000. The highest BCUT2D eigenvalue weighted by Crippen LogP contribution is 2.26. The molecular weight excluding hydrogens is 262 g/mol. The molecule has 1 saturated heterocycles. The van der Waals surface area contributed by atoms with E-state index >= 15 is 0 Å². The fourth-order valence-corrected chi connectivity index (χ4v) is 3.32. The summed E-state index contributed by atoms with van der Waals surface area (Å²) >= 11 is 5.26. The molecule has 0 bridgehead atoms. The molecule has 78 valence electrons. The second kappa shape index (κ2) is 4.75. The third-order valence-corrected chi connectivity index (χ3v) is 4.27. The van der Waals surface area contributed by atoms with Gasteiger partial charge in [-0.3, -0.25) is 0 Å². The van der Waals surface area contributed by atoms with Gasteiger partial charge >= 0.3 is 0 Å². The molecule has 1 fully saturated rings. The highest BCUT2D eigenvalue weighted by Gasteiger charge is 2.22. The summed E-state index contributed by atoms with van der Waals surface area (Å²) in [5.74, 6) is 0.495. The first kappa shape index (κ1) is 10.6. The van der Waals surface area contributed by atoms with E-state index in [0.717, 1.165) is 26.1 Å². The molecule has 1 aromatic heterocycles. The molecule has 0 radical (unpaired) electrons. The quantitative estimate of drug-likeness (QED) is 0.900. The minimum absolute atomic E-state index is 0.310. The van der Waals surface area contributed by atoms with E-state index in [9.17, 15) is 0 Å². The van der Waals surface area contributed by atoms with E-state index in [1.165, 1.54) is 8.66 Å². The molecule has 2 atom stereocenters. The average molecular weight is 276 g/mol. The second-order valence-electron chi connectivity index (χ2n) is 3.70. The van der Waals surface area contributed by atoms with Crippen LogP contribution >= 0.6 is 27.3 Å². The van der Waals surface area contributed by atoms with Crippen LogP contribution in [0.25, 0.3) is 0 Å². The monoisotopic (exact) mass is 275 g/mol. The summed E-state index contributed by atoms with van der Waals surface area (Å²) in [4.78, 5) is 1.39. The van der Waals surface area contributed by atoms with E-state index in [1.54, 1.807) is 11.3 Å².